The van der Waals surface area contributed by atoms with Gasteiger partial charge in [0, 0.05) is 14.7 Å². The molecule has 0 aromatic heterocycles. The van der Waals surface area contributed by atoms with Gasteiger partial charge >= 0.3 is 0 Å². The van der Waals surface area contributed by atoms with Crippen molar-refractivity contribution in [2.45, 2.75) is 148 Å². The van der Waals surface area contributed by atoms with E-state index >= 15 is 0 Å². The Labute approximate surface area is 292 Å². The highest BCUT2D eigenvalue weighted by atomic mass is 28.4. The summed E-state index contributed by atoms with van der Waals surface area (Å²) in [5.74, 6) is 0. The zero-order chi connectivity index (χ0) is 34.4. The van der Waals surface area contributed by atoms with Gasteiger partial charge in [-0.1, -0.05) is 185 Å². The maximum absolute atomic E-state index is 7.24. The summed E-state index contributed by atoms with van der Waals surface area (Å²) < 4.78 is 26.1. The van der Waals surface area contributed by atoms with E-state index in [0.717, 1.165) is 25.5 Å². The molecule has 6 heteroatoms. The molecule has 0 radical (unpaired) electrons. The summed E-state index contributed by atoms with van der Waals surface area (Å²) in [6.45, 7) is 22.3. The van der Waals surface area contributed by atoms with Crippen LogP contribution in [0.1, 0.15) is 105 Å². The second-order valence-corrected chi connectivity index (χ2v) is 25.5. The van der Waals surface area contributed by atoms with E-state index in [2.05, 4.69) is 115 Å². The maximum Gasteiger partial charge on any atom is 0.261 e. The first kappa shape index (κ1) is 41.6. The van der Waals surface area contributed by atoms with Crippen LogP contribution in [0.4, 0.5) is 0 Å². The SMILES string of the molecule is C=CC(CCCCCCCCCCCCC)OCC(CO[Si](c1ccccc1)(c1ccccc1)C(C)(C)C)OCOCC[Si](C)(C)C. The average molecular weight is 683 g/mol. The molecule has 0 spiro atoms. The van der Waals surface area contributed by atoms with Gasteiger partial charge in [-0.3, -0.25) is 0 Å². The fourth-order valence-corrected chi connectivity index (χ4v) is 11.6. The predicted octanol–water partition coefficient (Wildman–Crippen LogP) is 10.5. The summed E-state index contributed by atoms with van der Waals surface area (Å²) in [6.07, 6.45) is 17.5. The zero-order valence-electron chi connectivity index (χ0n) is 31.4. The molecule has 0 saturated heterocycles. The standard InChI is InChI=1S/C41H70O4Si2/c1-9-11-12-13-14-15-16-17-18-19-22-27-37(10-2)43-34-38(44-36-42-32-33-46(6,7)8)35-45-47(41(3,4)5,39-28-23-20-24-29-39)40-30-25-21-26-31-40/h10,20-21,23-26,28-31,37-38H,2,9,11-19,22,27,32-36H2,1,3-8H3. The van der Waals surface area contributed by atoms with Crippen molar-refractivity contribution in [1.29, 1.82) is 0 Å². The van der Waals surface area contributed by atoms with E-state index < -0.39 is 16.4 Å². The Bertz CT molecular complexity index is 1010. The lowest BCUT2D eigenvalue weighted by Gasteiger charge is -2.43. The number of hydrogen-bond acceptors (Lipinski definition) is 4. The van der Waals surface area contributed by atoms with Crippen LogP contribution in [0, 0.1) is 0 Å². The van der Waals surface area contributed by atoms with Crippen LogP contribution in [0.2, 0.25) is 30.7 Å². The van der Waals surface area contributed by atoms with Crippen LogP contribution in [0.5, 0.6) is 0 Å². The van der Waals surface area contributed by atoms with Crippen molar-refractivity contribution in [3.8, 4) is 0 Å². The van der Waals surface area contributed by atoms with Crippen LogP contribution < -0.4 is 10.4 Å². The molecule has 2 atom stereocenters. The lowest BCUT2D eigenvalue weighted by atomic mass is 10.0. The molecule has 0 N–H and O–H groups in total. The van der Waals surface area contributed by atoms with Gasteiger partial charge < -0.3 is 18.6 Å². The fraction of sp³-hybridized carbons (Fsp3) is 0.659. The van der Waals surface area contributed by atoms with Gasteiger partial charge in [0.2, 0.25) is 0 Å². The van der Waals surface area contributed by atoms with Gasteiger partial charge in [0.05, 0.1) is 19.3 Å². The van der Waals surface area contributed by atoms with E-state index in [0.29, 0.717) is 13.2 Å². The predicted molar refractivity (Wildman–Crippen MR) is 208 cm³/mol. The molecule has 2 unspecified atom stereocenters. The molecule has 0 aliphatic carbocycles. The van der Waals surface area contributed by atoms with Crippen LogP contribution in [0.25, 0.3) is 0 Å². The summed E-state index contributed by atoms with van der Waals surface area (Å²) in [4.78, 5) is 0. The van der Waals surface area contributed by atoms with Gasteiger partial charge in [-0.15, -0.1) is 6.58 Å². The van der Waals surface area contributed by atoms with Gasteiger partial charge in [-0.05, 0) is 27.9 Å². The van der Waals surface area contributed by atoms with Crippen molar-refractivity contribution in [2.75, 3.05) is 26.6 Å². The number of hydrogen-bond donors (Lipinski definition) is 0. The molecule has 0 aliphatic heterocycles. The van der Waals surface area contributed by atoms with Crippen molar-refractivity contribution in [2.24, 2.45) is 0 Å². The molecule has 2 aromatic carbocycles. The third-order valence-electron chi connectivity index (χ3n) is 9.14. The quantitative estimate of drug-likeness (QED) is 0.0407. The molecular weight excluding hydrogens is 613 g/mol. The largest absolute Gasteiger partial charge is 0.405 e. The van der Waals surface area contributed by atoms with E-state index in [9.17, 15) is 0 Å². The lowest BCUT2D eigenvalue weighted by molar-refractivity contribution is -0.124. The summed E-state index contributed by atoms with van der Waals surface area (Å²) >= 11 is 0. The van der Waals surface area contributed by atoms with Crippen LogP contribution >= 0.6 is 0 Å². The van der Waals surface area contributed by atoms with Crippen LogP contribution in [0.15, 0.2) is 73.3 Å². The molecule has 0 bridgehead atoms. The third-order valence-corrected chi connectivity index (χ3v) is 15.8. The molecule has 2 aromatic rings. The van der Waals surface area contributed by atoms with Crippen molar-refractivity contribution >= 4 is 26.8 Å². The molecule has 266 valence electrons. The van der Waals surface area contributed by atoms with Crippen LogP contribution in [-0.4, -0.2) is 55.2 Å². The molecule has 0 amide bonds. The molecule has 4 nitrogen and oxygen atoms in total. The molecule has 0 aliphatic rings. The molecular formula is C41H70O4Si2. The summed E-state index contributed by atoms with van der Waals surface area (Å²) in [5, 5.41) is 2.43. The summed E-state index contributed by atoms with van der Waals surface area (Å²) in [6, 6.07) is 22.7. The van der Waals surface area contributed by atoms with Gasteiger partial charge in [0.25, 0.3) is 8.32 Å². The van der Waals surface area contributed by atoms with E-state index in [1.807, 2.05) is 6.08 Å². The first-order valence-electron chi connectivity index (χ1n) is 18.7. The third kappa shape index (κ3) is 16.1. The van der Waals surface area contributed by atoms with E-state index in [4.69, 9.17) is 18.6 Å². The minimum absolute atomic E-state index is 0.0142. The van der Waals surface area contributed by atoms with Crippen molar-refractivity contribution in [3.63, 3.8) is 0 Å². The number of rotatable bonds is 27. The second-order valence-electron chi connectivity index (χ2n) is 15.5. The van der Waals surface area contributed by atoms with Gasteiger partial charge in [-0.2, -0.15) is 0 Å². The Kier molecular flexibility index (Phi) is 20.3. The van der Waals surface area contributed by atoms with Crippen molar-refractivity contribution < 1.29 is 18.6 Å². The fourth-order valence-electron chi connectivity index (χ4n) is 6.22. The smallest absolute Gasteiger partial charge is 0.261 e. The zero-order valence-corrected chi connectivity index (χ0v) is 33.4. The number of ether oxygens (including phenoxy) is 3. The molecule has 0 fully saturated rings. The summed E-state index contributed by atoms with van der Waals surface area (Å²) in [7, 11) is -3.87. The minimum atomic E-state index is -2.70. The van der Waals surface area contributed by atoms with Gasteiger partial charge in [0.15, 0.2) is 0 Å². The number of benzene rings is 2. The highest BCUT2D eigenvalue weighted by molar-refractivity contribution is 6.99. The minimum Gasteiger partial charge on any atom is -0.405 e. The normalized spacial score (nSPS) is 13.9. The lowest BCUT2D eigenvalue weighted by Crippen LogP contribution is -2.67. The summed E-state index contributed by atoms with van der Waals surface area (Å²) in [5.41, 5.74) is 0. The topological polar surface area (TPSA) is 36.9 Å². The highest BCUT2D eigenvalue weighted by Crippen LogP contribution is 2.37. The molecule has 0 heterocycles. The van der Waals surface area contributed by atoms with Crippen molar-refractivity contribution in [1.82, 2.24) is 0 Å². The van der Waals surface area contributed by atoms with E-state index in [-0.39, 0.29) is 24.0 Å². The van der Waals surface area contributed by atoms with Crippen LogP contribution in [-0.2, 0) is 18.6 Å². The van der Waals surface area contributed by atoms with E-state index in [1.54, 1.807) is 0 Å². The van der Waals surface area contributed by atoms with Crippen LogP contribution in [0.3, 0.4) is 0 Å². The highest BCUT2D eigenvalue weighted by Gasteiger charge is 2.50. The second kappa shape index (κ2) is 23.0. The monoisotopic (exact) mass is 682 g/mol. The van der Waals surface area contributed by atoms with Gasteiger partial charge in [0.1, 0.15) is 12.9 Å². The van der Waals surface area contributed by atoms with Crippen molar-refractivity contribution in [3.05, 3.63) is 73.3 Å². The van der Waals surface area contributed by atoms with Gasteiger partial charge in [-0.25, -0.2) is 0 Å². The molecule has 0 saturated carbocycles. The Hall–Kier alpha value is -1.55. The number of unbranched alkanes of at least 4 members (excludes halogenated alkanes) is 10. The Morgan fingerprint density at radius 2 is 1.21 bits per heavy atom. The van der Waals surface area contributed by atoms with E-state index in [1.165, 1.54) is 74.6 Å². The molecule has 2 rings (SSSR count). The maximum atomic E-state index is 7.24. The Morgan fingerprint density at radius 3 is 1.68 bits per heavy atom. The Balaban J connectivity index is 2.02. The average Bonchev–Trinajstić information content (AvgIpc) is 3.04. The molecule has 47 heavy (non-hydrogen) atoms. The Morgan fingerprint density at radius 1 is 0.702 bits per heavy atom. The first-order chi connectivity index (χ1) is 22.5. The first-order valence-corrected chi connectivity index (χ1v) is 24.3.